The normalized spacial score (nSPS) is 40.4. The molecule has 3 heterocycles. The van der Waals surface area contributed by atoms with Crippen molar-refractivity contribution in [2.24, 2.45) is 35.5 Å². The number of cyclic esters (lactones) is 1. The third-order valence-corrected chi connectivity index (χ3v) is 14.4. The molecule has 1 saturated carbocycles. The standard InChI is InChI=1S/C51H79NO13/c1-30-16-12-11-13-17-31(2)42(61-8)28-38-21-19-32(3)48(57)51(60,65-38)50(59)52-23-15-14-18-39(52)49(58)64-43(34(5)26-37-20-22-40(53)44(27-37)62-9)29-41(54)33(4)25-36(7)46(56)47(63-10)45(55)35(6)24-30/h11-13,16-17,25,30,32-35,37-40,42-44,46-47,53,56,60H,14-15,18-24,26-29H2,1-10H3/b13-11+,16-12+,31-17+,36-25+/t30-,32-,33-,34-,35+,37+,38?,39?,40-,42?,43+,44-,46-,47+,51?/m1/s1. The Kier molecular flexibility index (Phi) is 21.0. The number of fused-ring (bicyclic) bond motifs is 3. The van der Waals surface area contributed by atoms with Crippen molar-refractivity contribution in [2.75, 3.05) is 27.9 Å². The average Bonchev–Trinajstić information content (AvgIpc) is 3.39. The van der Waals surface area contributed by atoms with Gasteiger partial charge in [0.15, 0.2) is 5.78 Å². The molecule has 366 valence electrons. The van der Waals surface area contributed by atoms with E-state index in [0.29, 0.717) is 56.9 Å². The van der Waals surface area contributed by atoms with E-state index >= 15 is 0 Å². The molecular weight excluding hydrogens is 835 g/mol. The number of esters is 1. The molecule has 15 atom stereocenters. The lowest BCUT2D eigenvalue weighted by atomic mass is 9.78. The topological polar surface area (TPSA) is 195 Å². The molecule has 0 aromatic rings. The first-order chi connectivity index (χ1) is 30.7. The van der Waals surface area contributed by atoms with Gasteiger partial charge in [-0.15, -0.1) is 0 Å². The lowest BCUT2D eigenvalue weighted by Gasteiger charge is -2.40. The van der Waals surface area contributed by atoms with Gasteiger partial charge in [-0.25, -0.2) is 4.79 Å². The molecule has 0 radical (unpaired) electrons. The van der Waals surface area contributed by atoms with Crippen LogP contribution in [0.3, 0.4) is 0 Å². The highest BCUT2D eigenvalue weighted by Gasteiger charge is 2.55. The summed E-state index contributed by atoms with van der Waals surface area (Å²) < 4.78 is 29.5. The number of Topliss-reactive ketones (excluding diaryl/α,β-unsaturated/α-hetero) is 3. The first-order valence-corrected chi connectivity index (χ1v) is 23.9. The van der Waals surface area contributed by atoms with Crippen LogP contribution in [0.15, 0.2) is 47.6 Å². The van der Waals surface area contributed by atoms with Crippen LogP contribution in [0.2, 0.25) is 0 Å². The van der Waals surface area contributed by atoms with Crippen LogP contribution in [-0.4, -0.2) is 132 Å². The maximum atomic E-state index is 14.6. The molecule has 4 rings (SSSR count). The summed E-state index contributed by atoms with van der Waals surface area (Å²) in [7, 11) is 4.51. The first-order valence-electron chi connectivity index (χ1n) is 23.9. The highest BCUT2D eigenvalue weighted by atomic mass is 16.6. The molecular formula is C51H79NO13. The molecule has 3 aliphatic heterocycles. The van der Waals surface area contributed by atoms with E-state index in [-0.39, 0.29) is 61.2 Å². The number of carbonyl (C=O) groups excluding carboxylic acids is 5. The number of ketones is 3. The minimum atomic E-state index is -2.85. The van der Waals surface area contributed by atoms with Gasteiger partial charge in [-0.3, -0.25) is 19.2 Å². The summed E-state index contributed by atoms with van der Waals surface area (Å²) in [6, 6.07) is -1.16. The summed E-state index contributed by atoms with van der Waals surface area (Å²) in [4.78, 5) is 72.1. The summed E-state index contributed by atoms with van der Waals surface area (Å²) in [5.74, 6) is -8.01. The van der Waals surface area contributed by atoms with Crippen molar-refractivity contribution in [2.45, 2.75) is 180 Å². The van der Waals surface area contributed by atoms with Crippen LogP contribution in [0, 0.1) is 35.5 Å². The van der Waals surface area contributed by atoms with Gasteiger partial charge in [0.2, 0.25) is 5.78 Å². The predicted octanol–water partition coefficient (Wildman–Crippen LogP) is 6.18. The number of aliphatic hydroxyl groups is 3. The quantitative estimate of drug-likeness (QED) is 0.156. The maximum Gasteiger partial charge on any atom is 0.329 e. The summed E-state index contributed by atoms with van der Waals surface area (Å²) in [5.41, 5.74) is 1.24. The maximum absolute atomic E-state index is 14.6. The van der Waals surface area contributed by atoms with Gasteiger partial charge < -0.3 is 43.9 Å². The number of piperidine rings is 1. The van der Waals surface area contributed by atoms with E-state index in [2.05, 4.69) is 0 Å². The Bertz CT molecular complexity index is 1760. The molecule has 14 nitrogen and oxygen atoms in total. The highest BCUT2D eigenvalue weighted by Crippen LogP contribution is 2.36. The van der Waals surface area contributed by atoms with E-state index in [9.17, 15) is 39.3 Å². The van der Waals surface area contributed by atoms with E-state index in [4.69, 9.17) is 23.7 Å². The molecule has 3 fully saturated rings. The number of aliphatic hydroxyl groups excluding tert-OH is 2. The Hall–Kier alpha value is -3.37. The number of allylic oxidation sites excluding steroid dienone is 6. The van der Waals surface area contributed by atoms with Gasteiger partial charge >= 0.3 is 11.8 Å². The van der Waals surface area contributed by atoms with Gasteiger partial charge in [0.1, 0.15) is 30.1 Å². The Morgan fingerprint density at radius 3 is 2.23 bits per heavy atom. The molecule has 0 aromatic carbocycles. The van der Waals surface area contributed by atoms with Crippen molar-refractivity contribution >= 4 is 29.2 Å². The SMILES string of the molecule is COC1CC2CC[C@@H](C)C(=O)C(O)(O2)C(=O)N2CCCCC2C(=O)O[C@H]([C@H](C)C[C@@H]2CC[C@@H](O)[C@H](OC)C2)CC(=O)[C@H](C)/C=C(\C)[C@@H](O)[C@@H](OC)C(=O)[C@@H](C)C[C@H](C)/C=C/C=C/C=C/1C. The van der Waals surface area contributed by atoms with Crippen molar-refractivity contribution in [1.82, 2.24) is 4.90 Å². The Morgan fingerprint density at radius 1 is 0.831 bits per heavy atom. The van der Waals surface area contributed by atoms with E-state index in [1.165, 1.54) is 12.0 Å². The van der Waals surface area contributed by atoms with E-state index in [0.717, 1.165) is 12.0 Å². The molecule has 0 aromatic heterocycles. The summed E-state index contributed by atoms with van der Waals surface area (Å²) >= 11 is 0. The van der Waals surface area contributed by atoms with Crippen LogP contribution >= 0.6 is 0 Å². The smallest absolute Gasteiger partial charge is 0.329 e. The van der Waals surface area contributed by atoms with Crippen LogP contribution < -0.4 is 0 Å². The molecule has 2 bridgehead atoms. The monoisotopic (exact) mass is 914 g/mol. The van der Waals surface area contributed by atoms with E-state index < -0.39 is 83.9 Å². The summed E-state index contributed by atoms with van der Waals surface area (Å²) in [5, 5.41) is 34.1. The molecule has 3 N–H and O–H groups in total. The van der Waals surface area contributed by atoms with Gasteiger partial charge in [0.05, 0.1) is 24.4 Å². The van der Waals surface area contributed by atoms with Crippen LogP contribution in [0.5, 0.6) is 0 Å². The Labute approximate surface area is 387 Å². The molecule has 1 amide bonds. The largest absolute Gasteiger partial charge is 0.460 e. The van der Waals surface area contributed by atoms with Gasteiger partial charge in [-0.1, -0.05) is 71.1 Å². The number of carbonyl (C=O) groups is 5. The molecule has 4 unspecified atom stereocenters. The second kappa shape index (κ2) is 25.1. The second-order valence-electron chi connectivity index (χ2n) is 19.6. The third-order valence-electron chi connectivity index (χ3n) is 14.4. The number of rotatable bonds is 6. The number of hydrogen-bond donors (Lipinski definition) is 3. The number of methoxy groups -OCH3 is 3. The summed E-state index contributed by atoms with van der Waals surface area (Å²) in [6.07, 6.45) is 10.7. The zero-order valence-corrected chi connectivity index (χ0v) is 40.6. The summed E-state index contributed by atoms with van der Waals surface area (Å²) in [6.45, 7) is 12.7. The number of hydrogen-bond acceptors (Lipinski definition) is 13. The fourth-order valence-corrected chi connectivity index (χ4v) is 10.1. The Morgan fingerprint density at radius 2 is 1.55 bits per heavy atom. The van der Waals surface area contributed by atoms with Crippen LogP contribution in [0.25, 0.3) is 0 Å². The zero-order chi connectivity index (χ0) is 48.2. The van der Waals surface area contributed by atoms with E-state index in [1.54, 1.807) is 41.1 Å². The average molecular weight is 914 g/mol. The van der Waals surface area contributed by atoms with Gasteiger partial charge in [-0.05, 0) is 107 Å². The molecule has 4 aliphatic rings. The van der Waals surface area contributed by atoms with Gasteiger partial charge in [0.25, 0.3) is 5.91 Å². The predicted molar refractivity (Wildman–Crippen MR) is 245 cm³/mol. The fraction of sp³-hybridized carbons (Fsp3) is 0.745. The minimum absolute atomic E-state index is 0.0147. The minimum Gasteiger partial charge on any atom is -0.460 e. The third kappa shape index (κ3) is 14.3. The second-order valence-corrected chi connectivity index (χ2v) is 19.6. The van der Waals surface area contributed by atoms with Crippen molar-refractivity contribution in [3.63, 3.8) is 0 Å². The van der Waals surface area contributed by atoms with E-state index in [1.807, 2.05) is 58.1 Å². The van der Waals surface area contributed by atoms with Crippen molar-refractivity contribution in [3.05, 3.63) is 47.6 Å². The van der Waals surface area contributed by atoms with Crippen LogP contribution in [-0.2, 0) is 47.7 Å². The van der Waals surface area contributed by atoms with Gasteiger partial charge in [-0.2, -0.15) is 0 Å². The highest BCUT2D eigenvalue weighted by molar-refractivity contribution is 6.09. The fourth-order valence-electron chi connectivity index (χ4n) is 10.1. The van der Waals surface area contributed by atoms with Crippen molar-refractivity contribution in [1.29, 1.82) is 0 Å². The Balaban J connectivity index is 1.74. The van der Waals surface area contributed by atoms with Crippen molar-refractivity contribution < 1.29 is 63.0 Å². The zero-order valence-electron chi connectivity index (χ0n) is 40.6. The molecule has 14 heteroatoms. The molecule has 65 heavy (non-hydrogen) atoms. The molecule has 2 saturated heterocycles. The molecule has 1 aliphatic carbocycles. The van der Waals surface area contributed by atoms with Crippen LogP contribution in [0.1, 0.15) is 126 Å². The number of nitrogens with zero attached hydrogens (tertiary/aromatic N) is 1. The van der Waals surface area contributed by atoms with Gasteiger partial charge in [0, 0.05) is 58.5 Å². The molecule has 0 spiro atoms. The number of amides is 1. The number of ether oxygens (including phenoxy) is 5. The lowest BCUT2D eigenvalue weighted by molar-refractivity contribution is -0.231. The lowest BCUT2D eigenvalue weighted by Crippen LogP contribution is -2.62. The van der Waals surface area contributed by atoms with Crippen molar-refractivity contribution in [3.8, 4) is 0 Å². The first kappa shape index (κ1) is 54.2. The van der Waals surface area contributed by atoms with Crippen LogP contribution in [0.4, 0.5) is 0 Å².